The van der Waals surface area contributed by atoms with Crippen molar-refractivity contribution in [3.8, 4) is 17.6 Å². The summed E-state index contributed by atoms with van der Waals surface area (Å²) < 4.78 is 86.8. The molecule has 0 amide bonds. The summed E-state index contributed by atoms with van der Waals surface area (Å²) in [4.78, 5) is 31.1. The Labute approximate surface area is 193 Å². The third-order valence-corrected chi connectivity index (χ3v) is 4.94. The molecule has 0 fully saturated rings. The lowest BCUT2D eigenvalue weighted by molar-refractivity contribution is -0.139. The van der Waals surface area contributed by atoms with Crippen molar-refractivity contribution in [2.24, 2.45) is 0 Å². The Balaban J connectivity index is 2.20. The second kappa shape index (κ2) is 9.65. The Kier molecular flexibility index (Phi) is 7.04. The lowest BCUT2D eigenvalue weighted by atomic mass is 10.1. The summed E-state index contributed by atoms with van der Waals surface area (Å²) in [5.74, 6) is -6.95. The summed E-state index contributed by atoms with van der Waals surface area (Å²) in [6, 6.07) is 5.49. The molecule has 0 aliphatic rings. The molecule has 184 valence electrons. The zero-order chi connectivity index (χ0) is 26.1. The van der Waals surface area contributed by atoms with Crippen LogP contribution in [0.1, 0.15) is 40.1 Å². The number of aryl methyl sites for hydroxylation is 2. The van der Waals surface area contributed by atoms with Crippen LogP contribution in [0.25, 0.3) is 0 Å². The topological polar surface area (TPSA) is 101 Å². The second-order valence-electron chi connectivity index (χ2n) is 7.53. The number of rotatable bonds is 7. The molecule has 1 N–H and O–H groups in total. The lowest BCUT2D eigenvalue weighted by Crippen LogP contribution is -2.32. The van der Waals surface area contributed by atoms with Gasteiger partial charge in [0.1, 0.15) is 5.75 Å². The molecular formula is C22H16F6N4O3. The summed E-state index contributed by atoms with van der Waals surface area (Å²) in [7, 11) is 0. The number of ether oxygens (including phenoxy) is 1. The van der Waals surface area contributed by atoms with E-state index in [1.807, 2.05) is 0 Å². The van der Waals surface area contributed by atoms with E-state index < -0.39 is 59.2 Å². The third kappa shape index (κ3) is 5.21. The fourth-order valence-electron chi connectivity index (χ4n) is 3.25. The number of benzene rings is 1. The van der Waals surface area contributed by atoms with E-state index in [1.54, 1.807) is 26.0 Å². The fraction of sp³-hybridized carbons (Fsp3) is 0.273. The predicted octanol–water partition coefficient (Wildman–Crippen LogP) is 4.56. The van der Waals surface area contributed by atoms with Crippen LogP contribution in [-0.2, 0) is 12.5 Å². The van der Waals surface area contributed by atoms with Gasteiger partial charge < -0.3 is 9.72 Å². The molecule has 2 heterocycles. The Morgan fingerprint density at radius 2 is 1.83 bits per heavy atom. The lowest BCUT2D eigenvalue weighted by Gasteiger charge is -2.19. The van der Waals surface area contributed by atoms with Crippen molar-refractivity contribution in [3.63, 3.8) is 0 Å². The molecule has 0 atom stereocenters. The highest BCUT2D eigenvalue weighted by atomic mass is 19.3. The number of nitriles is 1. The predicted molar refractivity (Wildman–Crippen MR) is 110 cm³/mol. The van der Waals surface area contributed by atoms with Gasteiger partial charge in [0.25, 0.3) is 17.5 Å². The average molecular weight is 498 g/mol. The first-order valence-electron chi connectivity index (χ1n) is 9.81. The normalized spacial score (nSPS) is 11.7. The van der Waals surface area contributed by atoms with Gasteiger partial charge in [-0.05, 0) is 43.7 Å². The Morgan fingerprint density at radius 3 is 2.40 bits per heavy atom. The van der Waals surface area contributed by atoms with E-state index in [2.05, 4.69) is 9.97 Å². The van der Waals surface area contributed by atoms with Gasteiger partial charge in [-0.15, -0.1) is 0 Å². The van der Waals surface area contributed by atoms with Gasteiger partial charge in [-0.3, -0.25) is 14.2 Å². The zero-order valence-electron chi connectivity index (χ0n) is 18.1. The van der Waals surface area contributed by atoms with Crippen molar-refractivity contribution in [1.29, 1.82) is 5.26 Å². The third-order valence-electron chi connectivity index (χ3n) is 4.94. The summed E-state index contributed by atoms with van der Waals surface area (Å²) >= 11 is 0. The van der Waals surface area contributed by atoms with E-state index in [1.165, 1.54) is 0 Å². The number of hydrogen-bond donors (Lipinski definition) is 1. The van der Waals surface area contributed by atoms with Crippen molar-refractivity contribution in [1.82, 2.24) is 14.5 Å². The maximum atomic E-state index is 14.2. The van der Waals surface area contributed by atoms with Crippen LogP contribution in [0.15, 0.2) is 40.2 Å². The van der Waals surface area contributed by atoms with E-state index in [0.717, 1.165) is 12.1 Å². The molecule has 3 aromatic rings. The maximum absolute atomic E-state index is 14.2. The van der Waals surface area contributed by atoms with Crippen LogP contribution >= 0.6 is 0 Å². The van der Waals surface area contributed by atoms with Crippen molar-refractivity contribution in [2.45, 2.75) is 39.2 Å². The molecule has 0 aliphatic carbocycles. The van der Waals surface area contributed by atoms with Gasteiger partial charge >= 0.3 is 12.3 Å². The standard InChI is InChI=1S/C22H16F6N4O3/c1-10-3-11(2)31-19(33)15(10)8-32-9-30-17(22(27,28)21(25)26)16(20(32)34)35-14-5-12(7-29)4-13(6-14)18(23)24/h3-6,9,18,21H,8H2,1-2H3,(H,31,33). The molecule has 2 aromatic heterocycles. The maximum Gasteiger partial charge on any atom is 0.352 e. The van der Waals surface area contributed by atoms with Gasteiger partial charge in [-0.2, -0.15) is 14.0 Å². The molecule has 0 unspecified atom stereocenters. The van der Waals surface area contributed by atoms with E-state index in [-0.39, 0.29) is 11.1 Å². The molecular weight excluding hydrogens is 482 g/mol. The number of hydrogen-bond acceptors (Lipinski definition) is 5. The number of nitrogens with one attached hydrogen (secondary N) is 1. The minimum atomic E-state index is -4.94. The van der Waals surface area contributed by atoms with Crippen molar-refractivity contribution < 1.29 is 31.1 Å². The molecule has 1 aromatic carbocycles. The van der Waals surface area contributed by atoms with Crippen LogP contribution in [0.5, 0.6) is 11.5 Å². The molecule has 0 saturated carbocycles. The van der Waals surface area contributed by atoms with Gasteiger partial charge in [0.15, 0.2) is 5.69 Å². The molecule has 7 nitrogen and oxygen atoms in total. The van der Waals surface area contributed by atoms with Crippen LogP contribution in [0, 0.1) is 25.2 Å². The highest BCUT2D eigenvalue weighted by molar-refractivity contribution is 5.44. The van der Waals surface area contributed by atoms with E-state index in [9.17, 15) is 35.9 Å². The summed E-state index contributed by atoms with van der Waals surface area (Å²) in [6.45, 7) is 2.69. The number of pyridine rings is 1. The van der Waals surface area contributed by atoms with E-state index in [4.69, 9.17) is 10.00 Å². The Hall–Kier alpha value is -4.08. The minimum absolute atomic E-state index is 0.0604. The molecule has 0 radical (unpaired) electrons. The number of alkyl halides is 6. The van der Waals surface area contributed by atoms with Crippen LogP contribution in [-0.4, -0.2) is 21.0 Å². The summed E-state index contributed by atoms with van der Waals surface area (Å²) in [6.07, 6.45) is -6.82. The Morgan fingerprint density at radius 1 is 1.14 bits per heavy atom. The number of nitrogens with zero attached hydrogens (tertiary/aromatic N) is 3. The molecule has 0 spiro atoms. The first-order valence-corrected chi connectivity index (χ1v) is 9.81. The van der Waals surface area contributed by atoms with Crippen LogP contribution in [0.2, 0.25) is 0 Å². The van der Waals surface area contributed by atoms with E-state index >= 15 is 0 Å². The van der Waals surface area contributed by atoms with Gasteiger partial charge in [0.2, 0.25) is 5.75 Å². The molecule has 0 bridgehead atoms. The fourth-order valence-corrected chi connectivity index (χ4v) is 3.25. The van der Waals surface area contributed by atoms with Gasteiger partial charge in [0.05, 0.1) is 24.5 Å². The average Bonchev–Trinajstić information content (AvgIpc) is 2.77. The number of aromatic nitrogens is 3. The monoisotopic (exact) mass is 498 g/mol. The minimum Gasteiger partial charge on any atom is -0.449 e. The van der Waals surface area contributed by atoms with Crippen molar-refractivity contribution in [3.05, 3.63) is 84.9 Å². The first-order chi connectivity index (χ1) is 16.3. The van der Waals surface area contributed by atoms with Crippen LogP contribution in [0.4, 0.5) is 26.3 Å². The van der Waals surface area contributed by atoms with Crippen molar-refractivity contribution in [2.75, 3.05) is 0 Å². The quantitative estimate of drug-likeness (QED) is 0.482. The SMILES string of the molecule is Cc1cc(C)c(Cn2cnc(C(F)(F)C(F)F)c(Oc3cc(C#N)cc(C(F)F)c3)c2=O)c(=O)[nH]1. The van der Waals surface area contributed by atoms with Gasteiger partial charge in [0, 0.05) is 16.8 Å². The molecule has 0 aliphatic heterocycles. The Bertz CT molecular complexity index is 1430. The number of H-pyrrole nitrogens is 1. The number of aromatic amines is 1. The first kappa shape index (κ1) is 25.5. The van der Waals surface area contributed by atoms with Crippen LogP contribution in [0.3, 0.4) is 0 Å². The van der Waals surface area contributed by atoms with Gasteiger partial charge in [-0.25, -0.2) is 22.5 Å². The van der Waals surface area contributed by atoms with Crippen molar-refractivity contribution >= 4 is 0 Å². The molecule has 0 saturated heterocycles. The summed E-state index contributed by atoms with van der Waals surface area (Å²) in [5.41, 5.74) is -3.75. The molecule has 13 heteroatoms. The highest BCUT2D eigenvalue weighted by Gasteiger charge is 2.48. The number of halogens is 6. The van der Waals surface area contributed by atoms with E-state index in [0.29, 0.717) is 28.2 Å². The smallest absolute Gasteiger partial charge is 0.352 e. The zero-order valence-corrected chi connectivity index (χ0v) is 18.1. The van der Waals surface area contributed by atoms with Gasteiger partial charge in [-0.1, -0.05) is 0 Å². The highest BCUT2D eigenvalue weighted by Crippen LogP contribution is 2.38. The molecule has 3 rings (SSSR count). The second-order valence-corrected chi connectivity index (χ2v) is 7.53. The molecule has 35 heavy (non-hydrogen) atoms. The largest absolute Gasteiger partial charge is 0.449 e. The van der Waals surface area contributed by atoms with Crippen LogP contribution < -0.4 is 15.9 Å². The summed E-state index contributed by atoms with van der Waals surface area (Å²) in [5, 5.41) is 9.04.